The summed E-state index contributed by atoms with van der Waals surface area (Å²) in [6, 6.07) is 5.20. The highest BCUT2D eigenvalue weighted by Gasteiger charge is 2.19. The minimum absolute atomic E-state index is 0. The average Bonchev–Trinajstić information content (AvgIpc) is 2.90. The smallest absolute Gasteiger partial charge is 0.247 e. The van der Waals surface area contributed by atoms with Gasteiger partial charge in [0.2, 0.25) is 12.3 Å². The summed E-state index contributed by atoms with van der Waals surface area (Å²) in [5.41, 5.74) is 0.496. The molecule has 8 heteroatoms. The minimum Gasteiger partial charge on any atom is -0.325 e. The van der Waals surface area contributed by atoms with Crippen molar-refractivity contribution in [2.24, 2.45) is 0 Å². The van der Waals surface area contributed by atoms with Crippen LogP contribution < -0.4 is 10.6 Å². The van der Waals surface area contributed by atoms with E-state index in [1.165, 1.54) is 0 Å². The molecule has 22 heavy (non-hydrogen) atoms. The van der Waals surface area contributed by atoms with Crippen molar-refractivity contribution in [1.29, 1.82) is 0 Å². The monoisotopic (exact) mass is 370 g/mol. The Hall–Kier alpha value is -0.560. The van der Waals surface area contributed by atoms with E-state index in [9.17, 15) is 13.6 Å². The van der Waals surface area contributed by atoms with Crippen LogP contribution in [-0.2, 0) is 4.79 Å². The summed E-state index contributed by atoms with van der Waals surface area (Å²) in [5.74, 6) is -0.480. The summed E-state index contributed by atoms with van der Waals surface area (Å²) in [6.45, 7) is 0.935. The molecule has 1 unspecified atom stereocenters. The summed E-state index contributed by atoms with van der Waals surface area (Å²) in [4.78, 5) is 12.5. The first kappa shape index (κ1) is 19.5. The van der Waals surface area contributed by atoms with Crippen LogP contribution in [0.5, 0.6) is 0 Å². The molecular formula is C14H18Cl2F2N2OS. The SMILES string of the molecule is Cl.O=C(CC1CCCN1)Nc1cccc(Cl)c1SCC(F)F. The molecule has 124 valence electrons. The number of carbonyl (C=O) groups is 1. The molecule has 1 aliphatic heterocycles. The van der Waals surface area contributed by atoms with Gasteiger partial charge in [0.05, 0.1) is 16.5 Å². The Balaban J connectivity index is 0.00000242. The third-order valence-electron chi connectivity index (χ3n) is 3.19. The van der Waals surface area contributed by atoms with Crippen LogP contribution in [-0.4, -0.2) is 30.7 Å². The first-order chi connectivity index (χ1) is 10.1. The number of alkyl halides is 2. The van der Waals surface area contributed by atoms with Crippen LogP contribution in [0.2, 0.25) is 5.02 Å². The molecule has 0 aliphatic carbocycles. The summed E-state index contributed by atoms with van der Waals surface area (Å²) >= 11 is 6.99. The van der Waals surface area contributed by atoms with Gasteiger partial charge < -0.3 is 10.6 Å². The van der Waals surface area contributed by atoms with Crippen molar-refractivity contribution in [3.63, 3.8) is 0 Å². The van der Waals surface area contributed by atoms with Crippen LogP contribution >= 0.6 is 35.8 Å². The van der Waals surface area contributed by atoms with E-state index in [4.69, 9.17) is 11.6 Å². The predicted molar refractivity (Wildman–Crippen MR) is 89.7 cm³/mol. The van der Waals surface area contributed by atoms with Gasteiger partial charge in [0.1, 0.15) is 0 Å². The molecule has 2 N–H and O–H groups in total. The van der Waals surface area contributed by atoms with E-state index >= 15 is 0 Å². The van der Waals surface area contributed by atoms with Crippen LogP contribution in [0, 0.1) is 0 Å². The maximum absolute atomic E-state index is 12.4. The molecule has 0 aromatic heterocycles. The molecule has 0 spiro atoms. The number of hydrogen-bond donors (Lipinski definition) is 2. The van der Waals surface area contributed by atoms with Gasteiger partial charge in [-0.05, 0) is 31.5 Å². The number of anilines is 1. The molecule has 2 rings (SSSR count). The first-order valence-electron chi connectivity index (χ1n) is 6.79. The third kappa shape index (κ3) is 5.91. The Bertz CT molecular complexity index is 500. The third-order valence-corrected chi connectivity index (χ3v) is 4.76. The van der Waals surface area contributed by atoms with Crippen molar-refractivity contribution in [2.75, 3.05) is 17.6 Å². The molecular weight excluding hydrogens is 353 g/mol. The zero-order valence-electron chi connectivity index (χ0n) is 11.8. The minimum atomic E-state index is -2.42. The lowest BCUT2D eigenvalue weighted by Crippen LogP contribution is -2.27. The average molecular weight is 371 g/mol. The van der Waals surface area contributed by atoms with E-state index in [2.05, 4.69) is 10.6 Å². The Kier molecular flexibility index (Phi) is 8.46. The molecule has 0 radical (unpaired) electrons. The number of rotatable bonds is 6. The van der Waals surface area contributed by atoms with E-state index in [1.807, 2.05) is 0 Å². The van der Waals surface area contributed by atoms with Crippen LogP contribution in [0.3, 0.4) is 0 Å². The summed E-state index contributed by atoms with van der Waals surface area (Å²) in [7, 11) is 0. The molecule has 1 atom stereocenters. The first-order valence-corrected chi connectivity index (χ1v) is 8.15. The standard InChI is InChI=1S/C14H17ClF2N2OS.ClH/c15-10-4-1-5-11(14(10)21-8-12(16)17)19-13(20)7-9-3-2-6-18-9;/h1,4-5,9,12,18H,2-3,6-8H2,(H,19,20);1H. The largest absolute Gasteiger partial charge is 0.325 e. The summed E-state index contributed by atoms with van der Waals surface area (Å²) < 4.78 is 24.7. The molecule has 1 aromatic rings. The van der Waals surface area contributed by atoms with Gasteiger partial charge >= 0.3 is 0 Å². The molecule has 1 heterocycles. The molecule has 1 amide bonds. The van der Waals surface area contributed by atoms with Gasteiger partial charge in [-0.1, -0.05) is 17.7 Å². The Labute approximate surface area is 144 Å². The van der Waals surface area contributed by atoms with Crippen molar-refractivity contribution in [2.45, 2.75) is 36.6 Å². The fourth-order valence-electron chi connectivity index (χ4n) is 2.26. The highest BCUT2D eigenvalue weighted by molar-refractivity contribution is 7.99. The Morgan fingerprint density at radius 1 is 1.50 bits per heavy atom. The molecule has 1 aromatic carbocycles. The molecule has 1 aliphatic rings. The number of nitrogens with one attached hydrogen (secondary N) is 2. The van der Waals surface area contributed by atoms with Crippen molar-refractivity contribution in [3.8, 4) is 0 Å². The van der Waals surface area contributed by atoms with Gasteiger partial charge in [-0.25, -0.2) is 8.78 Å². The Morgan fingerprint density at radius 2 is 2.27 bits per heavy atom. The predicted octanol–water partition coefficient (Wildman–Crippen LogP) is 4.20. The summed E-state index contributed by atoms with van der Waals surface area (Å²) in [5, 5.41) is 6.39. The van der Waals surface area contributed by atoms with Gasteiger partial charge in [-0.3, -0.25) is 4.79 Å². The lowest BCUT2D eigenvalue weighted by atomic mass is 10.1. The molecule has 1 fully saturated rings. The highest BCUT2D eigenvalue weighted by Crippen LogP contribution is 2.35. The van der Waals surface area contributed by atoms with Gasteiger partial charge in [-0.2, -0.15) is 0 Å². The van der Waals surface area contributed by atoms with Crippen molar-refractivity contribution >= 4 is 47.4 Å². The second-order valence-corrected chi connectivity index (χ2v) is 6.30. The number of hydrogen-bond acceptors (Lipinski definition) is 3. The second-order valence-electron chi connectivity index (χ2n) is 4.86. The number of thioether (sulfide) groups is 1. The van der Waals surface area contributed by atoms with Gasteiger partial charge in [0.25, 0.3) is 0 Å². The van der Waals surface area contributed by atoms with Gasteiger partial charge in [0.15, 0.2) is 0 Å². The van der Waals surface area contributed by atoms with E-state index in [0.717, 1.165) is 31.1 Å². The normalized spacial score (nSPS) is 17.4. The van der Waals surface area contributed by atoms with Crippen LogP contribution in [0.1, 0.15) is 19.3 Å². The molecule has 0 bridgehead atoms. The zero-order valence-corrected chi connectivity index (χ0v) is 14.2. The lowest BCUT2D eigenvalue weighted by Gasteiger charge is -2.14. The quantitative estimate of drug-likeness (QED) is 0.737. The highest BCUT2D eigenvalue weighted by atomic mass is 35.5. The lowest BCUT2D eigenvalue weighted by molar-refractivity contribution is -0.116. The Morgan fingerprint density at radius 3 is 2.91 bits per heavy atom. The van der Waals surface area contributed by atoms with E-state index in [-0.39, 0.29) is 30.1 Å². The molecule has 1 saturated heterocycles. The fourth-order valence-corrected chi connectivity index (χ4v) is 3.37. The number of amides is 1. The van der Waals surface area contributed by atoms with Crippen molar-refractivity contribution in [3.05, 3.63) is 23.2 Å². The number of carbonyl (C=O) groups excluding carboxylic acids is 1. The maximum Gasteiger partial charge on any atom is 0.247 e. The second kappa shape index (κ2) is 9.55. The maximum atomic E-state index is 12.4. The van der Waals surface area contributed by atoms with Crippen molar-refractivity contribution in [1.82, 2.24) is 5.32 Å². The molecule has 3 nitrogen and oxygen atoms in total. The van der Waals surface area contributed by atoms with E-state index in [0.29, 0.717) is 22.0 Å². The fraction of sp³-hybridized carbons (Fsp3) is 0.500. The van der Waals surface area contributed by atoms with Gasteiger partial charge in [0, 0.05) is 17.4 Å². The van der Waals surface area contributed by atoms with E-state index < -0.39 is 6.43 Å². The molecule has 0 saturated carbocycles. The zero-order chi connectivity index (χ0) is 15.2. The van der Waals surface area contributed by atoms with Crippen LogP contribution in [0.25, 0.3) is 0 Å². The summed E-state index contributed by atoms with van der Waals surface area (Å²) in [6.07, 6.45) is 0.0176. The van der Waals surface area contributed by atoms with Crippen LogP contribution in [0.4, 0.5) is 14.5 Å². The number of halogens is 4. The van der Waals surface area contributed by atoms with Crippen LogP contribution in [0.15, 0.2) is 23.1 Å². The van der Waals surface area contributed by atoms with Crippen molar-refractivity contribution < 1.29 is 13.6 Å². The number of benzene rings is 1. The van der Waals surface area contributed by atoms with Gasteiger partial charge in [-0.15, -0.1) is 24.2 Å². The van der Waals surface area contributed by atoms with E-state index in [1.54, 1.807) is 18.2 Å². The topological polar surface area (TPSA) is 41.1 Å².